The third-order valence-corrected chi connectivity index (χ3v) is 4.14. The van der Waals surface area contributed by atoms with Gasteiger partial charge in [-0.25, -0.2) is 0 Å². The third kappa shape index (κ3) is 4.48. The summed E-state index contributed by atoms with van der Waals surface area (Å²) in [5, 5.41) is 0.657. The van der Waals surface area contributed by atoms with Crippen molar-refractivity contribution in [3.8, 4) is 0 Å². The SMILES string of the molecule is Cc1ccc(CSC(C)CCCl)cc1C. The Morgan fingerprint density at radius 1 is 1.27 bits per heavy atom. The maximum atomic E-state index is 5.71. The number of halogens is 1. The molecule has 0 fully saturated rings. The molecule has 2 heteroatoms. The Bertz CT molecular complexity index is 309. The number of hydrogen-bond donors (Lipinski definition) is 0. The van der Waals surface area contributed by atoms with Crippen molar-refractivity contribution >= 4 is 23.4 Å². The molecule has 0 nitrogen and oxygen atoms in total. The minimum Gasteiger partial charge on any atom is -0.154 e. The molecular formula is C13H19ClS. The summed E-state index contributed by atoms with van der Waals surface area (Å²) in [6, 6.07) is 6.72. The average molecular weight is 243 g/mol. The van der Waals surface area contributed by atoms with Crippen molar-refractivity contribution in [1.82, 2.24) is 0 Å². The Labute approximate surface area is 102 Å². The first-order valence-electron chi connectivity index (χ1n) is 5.37. The van der Waals surface area contributed by atoms with Crippen molar-refractivity contribution in [3.05, 3.63) is 34.9 Å². The van der Waals surface area contributed by atoms with Crippen molar-refractivity contribution in [2.75, 3.05) is 5.88 Å². The van der Waals surface area contributed by atoms with Gasteiger partial charge < -0.3 is 0 Å². The van der Waals surface area contributed by atoms with E-state index in [1.54, 1.807) is 0 Å². The maximum absolute atomic E-state index is 5.71. The lowest BCUT2D eigenvalue weighted by Crippen LogP contribution is -1.97. The molecule has 0 amide bonds. The Hall–Kier alpha value is -0.140. The van der Waals surface area contributed by atoms with Crippen LogP contribution in [0.25, 0.3) is 0 Å². The Morgan fingerprint density at radius 3 is 2.60 bits per heavy atom. The van der Waals surface area contributed by atoms with Crippen LogP contribution in [0.5, 0.6) is 0 Å². The second kappa shape index (κ2) is 6.44. The fraction of sp³-hybridized carbons (Fsp3) is 0.538. The Balaban J connectivity index is 2.47. The number of thioether (sulfide) groups is 1. The summed E-state index contributed by atoms with van der Waals surface area (Å²) in [5.41, 5.74) is 4.18. The highest BCUT2D eigenvalue weighted by Crippen LogP contribution is 2.21. The molecule has 0 N–H and O–H groups in total. The van der Waals surface area contributed by atoms with Crippen LogP contribution in [0.2, 0.25) is 0 Å². The lowest BCUT2D eigenvalue weighted by Gasteiger charge is -2.10. The van der Waals surface area contributed by atoms with E-state index in [1.165, 1.54) is 16.7 Å². The fourth-order valence-corrected chi connectivity index (χ4v) is 2.77. The zero-order valence-corrected chi connectivity index (χ0v) is 11.3. The van der Waals surface area contributed by atoms with Crippen LogP contribution in [0.15, 0.2) is 18.2 Å². The van der Waals surface area contributed by atoms with Gasteiger partial charge in [-0.3, -0.25) is 0 Å². The molecule has 1 unspecified atom stereocenters. The standard InChI is InChI=1S/C13H19ClS/c1-10-4-5-13(8-11(10)2)9-15-12(3)6-7-14/h4-5,8,12H,6-7,9H2,1-3H3. The van der Waals surface area contributed by atoms with Crippen LogP contribution in [0, 0.1) is 13.8 Å². The van der Waals surface area contributed by atoms with Crippen molar-refractivity contribution < 1.29 is 0 Å². The molecule has 84 valence electrons. The lowest BCUT2D eigenvalue weighted by molar-refractivity contribution is 0.912. The first-order chi connectivity index (χ1) is 7.13. The van der Waals surface area contributed by atoms with E-state index in [9.17, 15) is 0 Å². The molecule has 0 saturated heterocycles. The minimum absolute atomic E-state index is 0.657. The molecule has 1 rings (SSSR count). The van der Waals surface area contributed by atoms with Gasteiger partial charge in [0.2, 0.25) is 0 Å². The van der Waals surface area contributed by atoms with Gasteiger partial charge in [0.05, 0.1) is 0 Å². The van der Waals surface area contributed by atoms with E-state index in [4.69, 9.17) is 11.6 Å². The van der Waals surface area contributed by atoms with Crippen LogP contribution < -0.4 is 0 Å². The largest absolute Gasteiger partial charge is 0.154 e. The molecule has 0 saturated carbocycles. The highest BCUT2D eigenvalue weighted by atomic mass is 35.5. The third-order valence-electron chi connectivity index (χ3n) is 2.62. The van der Waals surface area contributed by atoms with Crippen LogP contribution in [-0.4, -0.2) is 11.1 Å². The van der Waals surface area contributed by atoms with Crippen molar-refractivity contribution in [2.24, 2.45) is 0 Å². The fourth-order valence-electron chi connectivity index (χ4n) is 1.37. The summed E-state index contributed by atoms with van der Waals surface area (Å²) in [6.45, 7) is 6.57. The summed E-state index contributed by atoms with van der Waals surface area (Å²) < 4.78 is 0. The van der Waals surface area contributed by atoms with Gasteiger partial charge in [0.15, 0.2) is 0 Å². The van der Waals surface area contributed by atoms with Gasteiger partial charge in [0, 0.05) is 16.9 Å². The number of rotatable bonds is 5. The topological polar surface area (TPSA) is 0 Å². The molecule has 0 radical (unpaired) electrons. The van der Waals surface area contributed by atoms with Crippen LogP contribution in [0.1, 0.15) is 30.0 Å². The molecule has 0 heterocycles. The predicted octanol–water partition coefficient (Wildman–Crippen LogP) is 4.55. The first-order valence-corrected chi connectivity index (χ1v) is 6.95. The van der Waals surface area contributed by atoms with Gasteiger partial charge in [-0.1, -0.05) is 25.1 Å². The number of aryl methyl sites for hydroxylation is 2. The molecule has 0 aliphatic carbocycles. The first kappa shape index (κ1) is 12.9. The lowest BCUT2D eigenvalue weighted by atomic mass is 10.1. The summed E-state index contributed by atoms with van der Waals surface area (Å²) in [7, 11) is 0. The second-order valence-electron chi connectivity index (χ2n) is 4.02. The number of hydrogen-bond acceptors (Lipinski definition) is 1. The minimum atomic E-state index is 0.657. The van der Waals surface area contributed by atoms with Crippen molar-refractivity contribution in [2.45, 2.75) is 38.2 Å². The van der Waals surface area contributed by atoms with E-state index < -0.39 is 0 Å². The van der Waals surface area contributed by atoms with Crippen molar-refractivity contribution in [1.29, 1.82) is 0 Å². The molecule has 0 aromatic heterocycles. The van der Waals surface area contributed by atoms with Gasteiger partial charge in [0.1, 0.15) is 0 Å². The molecular weight excluding hydrogens is 224 g/mol. The summed E-state index contributed by atoms with van der Waals surface area (Å²) in [6.07, 6.45) is 1.09. The van der Waals surface area contributed by atoms with Gasteiger partial charge >= 0.3 is 0 Å². The predicted molar refractivity (Wildman–Crippen MR) is 72.0 cm³/mol. The zero-order valence-electron chi connectivity index (χ0n) is 9.72. The van der Waals surface area contributed by atoms with E-state index in [2.05, 4.69) is 39.0 Å². The zero-order chi connectivity index (χ0) is 11.3. The summed E-state index contributed by atoms with van der Waals surface area (Å²) >= 11 is 7.70. The van der Waals surface area contributed by atoms with E-state index in [0.29, 0.717) is 5.25 Å². The molecule has 0 aliphatic heterocycles. The normalized spacial score (nSPS) is 12.8. The van der Waals surface area contributed by atoms with Gasteiger partial charge in [0.25, 0.3) is 0 Å². The number of alkyl halides is 1. The molecule has 1 aromatic carbocycles. The smallest absolute Gasteiger partial charge is 0.0233 e. The average Bonchev–Trinajstić information content (AvgIpc) is 2.20. The van der Waals surface area contributed by atoms with Gasteiger partial charge in [-0.15, -0.1) is 11.6 Å². The second-order valence-corrected chi connectivity index (χ2v) is 5.82. The van der Waals surface area contributed by atoms with Crippen LogP contribution >= 0.6 is 23.4 Å². The van der Waals surface area contributed by atoms with Crippen LogP contribution in [0.3, 0.4) is 0 Å². The van der Waals surface area contributed by atoms with Crippen molar-refractivity contribution in [3.63, 3.8) is 0 Å². The Morgan fingerprint density at radius 2 is 2.00 bits per heavy atom. The summed E-state index contributed by atoms with van der Waals surface area (Å²) in [4.78, 5) is 0. The van der Waals surface area contributed by atoms with E-state index in [0.717, 1.165) is 18.1 Å². The maximum Gasteiger partial charge on any atom is 0.0233 e. The van der Waals surface area contributed by atoms with E-state index in [-0.39, 0.29) is 0 Å². The van der Waals surface area contributed by atoms with Gasteiger partial charge in [-0.05, 0) is 37.0 Å². The highest BCUT2D eigenvalue weighted by Gasteiger charge is 2.03. The number of benzene rings is 1. The van der Waals surface area contributed by atoms with Gasteiger partial charge in [-0.2, -0.15) is 11.8 Å². The monoisotopic (exact) mass is 242 g/mol. The molecule has 0 bridgehead atoms. The van der Waals surface area contributed by atoms with E-state index >= 15 is 0 Å². The molecule has 1 aromatic rings. The summed E-state index contributed by atoms with van der Waals surface area (Å²) in [5.74, 6) is 1.86. The highest BCUT2D eigenvalue weighted by molar-refractivity contribution is 7.99. The quantitative estimate of drug-likeness (QED) is 0.683. The Kier molecular flexibility index (Phi) is 5.55. The molecule has 1 atom stereocenters. The van der Waals surface area contributed by atoms with E-state index in [1.807, 2.05) is 11.8 Å². The molecule has 0 spiro atoms. The van der Waals surface area contributed by atoms with Crippen LogP contribution in [-0.2, 0) is 5.75 Å². The molecule has 15 heavy (non-hydrogen) atoms. The molecule has 0 aliphatic rings. The van der Waals surface area contributed by atoms with Crippen LogP contribution in [0.4, 0.5) is 0 Å².